The molecular weight excluding hydrogens is 199 g/mol. The highest BCUT2D eigenvalue weighted by atomic mass is 19.1. The number of esters is 1. The van der Waals surface area contributed by atoms with Gasteiger partial charge in [-0.15, -0.1) is 0 Å². The molecule has 0 atom stereocenters. The molecule has 0 saturated carbocycles. The van der Waals surface area contributed by atoms with Gasteiger partial charge in [-0.25, -0.2) is 9.18 Å². The van der Waals surface area contributed by atoms with Crippen LogP contribution in [-0.2, 0) is 11.3 Å². The summed E-state index contributed by atoms with van der Waals surface area (Å²) in [6.45, 7) is 0.104. The Kier molecular flexibility index (Phi) is 3.37. The number of rotatable bonds is 2. The first-order chi connectivity index (χ1) is 7.13. The monoisotopic (exact) mass is 208 g/mol. The number of halogens is 1. The van der Waals surface area contributed by atoms with Crippen molar-refractivity contribution in [3.63, 3.8) is 0 Å². The summed E-state index contributed by atoms with van der Waals surface area (Å²) in [7, 11) is 1.12. The molecule has 5 heteroatoms. The molecule has 0 fully saturated rings. The second-order valence-electron chi connectivity index (χ2n) is 2.81. The Hall–Kier alpha value is -1.93. The summed E-state index contributed by atoms with van der Waals surface area (Å²) in [5.41, 5.74) is 5.35. The number of ether oxygens (including phenoxy) is 1. The number of methoxy groups -OCH3 is 1. The lowest BCUT2D eigenvalue weighted by Crippen LogP contribution is -2.09. The van der Waals surface area contributed by atoms with Crippen LogP contribution in [0, 0.1) is 17.1 Å². The number of hydrogen-bond acceptors (Lipinski definition) is 4. The van der Waals surface area contributed by atoms with Crippen LogP contribution < -0.4 is 5.73 Å². The average Bonchev–Trinajstić information content (AvgIpc) is 2.26. The third-order valence-electron chi connectivity index (χ3n) is 1.90. The maximum Gasteiger partial charge on any atom is 0.342 e. The Balaban J connectivity index is 3.39. The van der Waals surface area contributed by atoms with Crippen molar-refractivity contribution in [3.8, 4) is 6.07 Å². The number of nitriles is 1. The molecule has 78 valence electrons. The standard InChI is InChI=1S/C10H9FN2O2/c1-15-10(14)9-7(5-13)2-6(4-12)3-8(9)11/h2-3H,4,12H2,1H3. The van der Waals surface area contributed by atoms with Crippen LogP contribution in [0.1, 0.15) is 21.5 Å². The summed E-state index contributed by atoms with van der Waals surface area (Å²) in [4.78, 5) is 11.2. The van der Waals surface area contributed by atoms with E-state index < -0.39 is 11.8 Å². The van der Waals surface area contributed by atoms with Crippen LogP contribution in [0.25, 0.3) is 0 Å². The molecule has 0 bridgehead atoms. The van der Waals surface area contributed by atoms with Crippen molar-refractivity contribution in [1.29, 1.82) is 5.26 Å². The van der Waals surface area contributed by atoms with Crippen molar-refractivity contribution < 1.29 is 13.9 Å². The molecule has 1 aromatic rings. The molecule has 2 N–H and O–H groups in total. The molecule has 15 heavy (non-hydrogen) atoms. The van der Waals surface area contributed by atoms with Gasteiger partial charge in [-0.3, -0.25) is 0 Å². The van der Waals surface area contributed by atoms with Gasteiger partial charge in [0.2, 0.25) is 0 Å². The fraction of sp³-hybridized carbons (Fsp3) is 0.200. The van der Waals surface area contributed by atoms with Gasteiger partial charge in [-0.1, -0.05) is 0 Å². The van der Waals surface area contributed by atoms with Crippen molar-refractivity contribution in [3.05, 3.63) is 34.6 Å². The van der Waals surface area contributed by atoms with Crippen LogP contribution in [0.3, 0.4) is 0 Å². The van der Waals surface area contributed by atoms with Crippen molar-refractivity contribution in [2.45, 2.75) is 6.54 Å². The molecule has 0 aliphatic rings. The molecule has 0 aliphatic carbocycles. The highest BCUT2D eigenvalue weighted by molar-refractivity contribution is 5.92. The second-order valence-corrected chi connectivity index (χ2v) is 2.81. The molecule has 4 nitrogen and oxygen atoms in total. The minimum Gasteiger partial charge on any atom is -0.465 e. The summed E-state index contributed by atoms with van der Waals surface area (Å²) in [5, 5.41) is 8.74. The molecular formula is C10H9FN2O2. The lowest BCUT2D eigenvalue weighted by molar-refractivity contribution is 0.0595. The maximum atomic E-state index is 13.4. The molecule has 0 heterocycles. The zero-order valence-electron chi connectivity index (χ0n) is 8.08. The van der Waals surface area contributed by atoms with E-state index in [1.165, 1.54) is 6.07 Å². The minimum atomic E-state index is -0.868. The zero-order chi connectivity index (χ0) is 11.4. The Bertz CT molecular complexity index is 438. The number of hydrogen-bond donors (Lipinski definition) is 1. The first kappa shape index (κ1) is 11.1. The van der Waals surface area contributed by atoms with Gasteiger partial charge in [0.05, 0.1) is 12.7 Å². The molecule has 0 aromatic heterocycles. The predicted molar refractivity (Wildman–Crippen MR) is 50.3 cm³/mol. The van der Waals surface area contributed by atoms with Crippen LogP contribution in [0.15, 0.2) is 12.1 Å². The topological polar surface area (TPSA) is 76.1 Å². The van der Waals surface area contributed by atoms with Gasteiger partial charge in [-0.2, -0.15) is 5.26 Å². The minimum absolute atomic E-state index is 0.0673. The van der Waals surface area contributed by atoms with E-state index in [2.05, 4.69) is 4.74 Å². The van der Waals surface area contributed by atoms with E-state index in [4.69, 9.17) is 11.0 Å². The smallest absolute Gasteiger partial charge is 0.342 e. The van der Waals surface area contributed by atoms with Crippen LogP contribution >= 0.6 is 0 Å². The van der Waals surface area contributed by atoms with Gasteiger partial charge in [0.1, 0.15) is 17.4 Å². The van der Waals surface area contributed by atoms with Crippen molar-refractivity contribution in [2.24, 2.45) is 5.73 Å². The van der Waals surface area contributed by atoms with Crippen LogP contribution in [0.4, 0.5) is 4.39 Å². The van der Waals surface area contributed by atoms with Gasteiger partial charge >= 0.3 is 5.97 Å². The third kappa shape index (κ3) is 2.11. The zero-order valence-corrected chi connectivity index (χ0v) is 8.08. The maximum absolute atomic E-state index is 13.4. The normalized spacial score (nSPS) is 9.47. The largest absolute Gasteiger partial charge is 0.465 e. The summed E-state index contributed by atoms with van der Waals surface area (Å²) in [5.74, 6) is -1.66. The molecule has 0 spiro atoms. The highest BCUT2D eigenvalue weighted by Gasteiger charge is 2.18. The molecule has 0 radical (unpaired) electrons. The van der Waals surface area contributed by atoms with Gasteiger partial charge in [0, 0.05) is 6.54 Å². The van der Waals surface area contributed by atoms with E-state index in [9.17, 15) is 9.18 Å². The summed E-state index contributed by atoms with van der Waals surface area (Å²) >= 11 is 0. The van der Waals surface area contributed by atoms with Crippen LogP contribution in [0.5, 0.6) is 0 Å². The number of carbonyl (C=O) groups is 1. The lowest BCUT2D eigenvalue weighted by Gasteiger charge is -2.05. The molecule has 1 rings (SSSR count). The highest BCUT2D eigenvalue weighted by Crippen LogP contribution is 2.16. The van der Waals surface area contributed by atoms with E-state index in [1.54, 1.807) is 6.07 Å². The van der Waals surface area contributed by atoms with Gasteiger partial charge < -0.3 is 10.5 Å². The van der Waals surface area contributed by atoms with E-state index in [-0.39, 0.29) is 17.7 Å². The fourth-order valence-corrected chi connectivity index (χ4v) is 1.18. The number of benzene rings is 1. The number of nitrogens with zero attached hydrogens (tertiary/aromatic N) is 1. The number of carbonyl (C=O) groups excluding carboxylic acids is 1. The van der Waals surface area contributed by atoms with Gasteiger partial charge in [-0.05, 0) is 17.7 Å². The van der Waals surface area contributed by atoms with Gasteiger partial charge in [0.25, 0.3) is 0 Å². The Morgan fingerprint density at radius 3 is 2.80 bits per heavy atom. The first-order valence-corrected chi connectivity index (χ1v) is 4.15. The lowest BCUT2D eigenvalue weighted by atomic mass is 10.0. The third-order valence-corrected chi connectivity index (χ3v) is 1.90. The van der Waals surface area contributed by atoms with E-state index >= 15 is 0 Å². The van der Waals surface area contributed by atoms with Crippen molar-refractivity contribution in [1.82, 2.24) is 0 Å². The fourth-order valence-electron chi connectivity index (χ4n) is 1.18. The number of nitrogens with two attached hydrogens (primary N) is 1. The quantitative estimate of drug-likeness (QED) is 0.734. The van der Waals surface area contributed by atoms with Crippen molar-refractivity contribution in [2.75, 3.05) is 7.11 Å². The molecule has 0 unspecified atom stereocenters. The van der Waals surface area contributed by atoms with Crippen LogP contribution in [-0.4, -0.2) is 13.1 Å². The summed E-state index contributed by atoms with van der Waals surface area (Å²) in [6, 6.07) is 4.22. The van der Waals surface area contributed by atoms with E-state index in [0.717, 1.165) is 13.2 Å². The SMILES string of the molecule is COC(=O)c1c(F)cc(CN)cc1C#N. The molecule has 0 amide bonds. The predicted octanol–water partition coefficient (Wildman–Crippen LogP) is 0.943. The van der Waals surface area contributed by atoms with Crippen molar-refractivity contribution >= 4 is 5.97 Å². The molecule has 1 aromatic carbocycles. The Labute approximate surface area is 86.1 Å². The second kappa shape index (κ2) is 4.53. The van der Waals surface area contributed by atoms with E-state index in [1.807, 2.05) is 0 Å². The summed E-state index contributed by atoms with van der Waals surface area (Å²) < 4.78 is 17.8. The Morgan fingerprint density at radius 2 is 2.33 bits per heavy atom. The van der Waals surface area contributed by atoms with Crippen LogP contribution in [0.2, 0.25) is 0 Å². The summed E-state index contributed by atoms with van der Waals surface area (Å²) in [6.07, 6.45) is 0. The molecule has 0 aliphatic heterocycles. The van der Waals surface area contributed by atoms with Gasteiger partial charge in [0.15, 0.2) is 0 Å². The average molecular weight is 208 g/mol. The first-order valence-electron chi connectivity index (χ1n) is 4.15. The van der Waals surface area contributed by atoms with E-state index in [0.29, 0.717) is 5.56 Å². The molecule has 0 saturated heterocycles. The Morgan fingerprint density at radius 1 is 1.67 bits per heavy atom.